The van der Waals surface area contributed by atoms with Crippen molar-refractivity contribution in [3.63, 3.8) is 0 Å². The second-order valence-electron chi connectivity index (χ2n) is 2.82. The highest BCUT2D eigenvalue weighted by Gasteiger charge is 2.00. The second kappa shape index (κ2) is 5.17. The minimum absolute atomic E-state index is 0.671. The summed E-state index contributed by atoms with van der Waals surface area (Å²) in [5.74, 6) is 0.955. The van der Waals surface area contributed by atoms with Crippen molar-refractivity contribution in [3.05, 3.63) is 22.7 Å². The smallest absolute Gasteiger partial charge is 0.217 e. The molecule has 0 aliphatic carbocycles. The van der Waals surface area contributed by atoms with E-state index in [1.165, 1.54) is 0 Å². The number of rotatable bonds is 4. The largest absolute Gasteiger partial charge is 0.249 e. The van der Waals surface area contributed by atoms with Gasteiger partial charge in [-0.15, -0.1) is 5.10 Å². The first-order valence-electron chi connectivity index (χ1n) is 4.46. The molecule has 0 fully saturated rings. The highest BCUT2D eigenvalue weighted by molar-refractivity contribution is 9.10. The van der Waals surface area contributed by atoms with Crippen LogP contribution in [0.4, 0.5) is 0 Å². The van der Waals surface area contributed by atoms with Crippen molar-refractivity contribution in [1.29, 1.82) is 0 Å². The lowest BCUT2D eigenvalue weighted by molar-refractivity contribution is 0.600. The first kappa shape index (κ1) is 10.4. The second-order valence-corrected chi connectivity index (χ2v) is 3.53. The van der Waals surface area contributed by atoms with E-state index in [1.807, 2.05) is 11.6 Å². The maximum Gasteiger partial charge on any atom is 0.217 e. The minimum Gasteiger partial charge on any atom is -0.249 e. The van der Waals surface area contributed by atoms with Crippen LogP contribution in [0.5, 0.6) is 0 Å². The molecule has 0 amide bonds. The van der Waals surface area contributed by atoms with Gasteiger partial charge in [0.1, 0.15) is 5.82 Å². The number of aromatic nitrogens is 3. The fraction of sp³-hybridized carbons (Fsp3) is 0.556. The maximum atomic E-state index is 4.20. The summed E-state index contributed by atoms with van der Waals surface area (Å²) in [6, 6.07) is 0. The zero-order valence-corrected chi connectivity index (χ0v) is 9.58. The number of halogens is 1. The Morgan fingerprint density at radius 1 is 1.46 bits per heavy atom. The highest BCUT2D eigenvalue weighted by Crippen LogP contribution is 2.04. The van der Waals surface area contributed by atoms with Gasteiger partial charge in [0, 0.05) is 6.54 Å². The average molecular weight is 244 g/mol. The fourth-order valence-electron chi connectivity index (χ4n) is 1.08. The highest BCUT2D eigenvalue weighted by atomic mass is 79.9. The molecule has 4 heteroatoms. The van der Waals surface area contributed by atoms with Crippen molar-refractivity contribution in [2.45, 2.75) is 33.2 Å². The molecule has 3 nitrogen and oxygen atoms in total. The number of hydrogen-bond donors (Lipinski definition) is 0. The lowest BCUT2D eigenvalue weighted by atomic mass is 10.3. The zero-order chi connectivity index (χ0) is 9.68. The van der Waals surface area contributed by atoms with Crippen LogP contribution in [-0.2, 0) is 6.54 Å². The zero-order valence-electron chi connectivity index (χ0n) is 8.00. The summed E-state index contributed by atoms with van der Waals surface area (Å²) in [5.41, 5.74) is 0. The van der Waals surface area contributed by atoms with Gasteiger partial charge in [-0.05, 0) is 35.7 Å². The van der Waals surface area contributed by atoms with Gasteiger partial charge in [-0.25, -0.2) is 9.67 Å². The van der Waals surface area contributed by atoms with Crippen LogP contribution in [0, 0.1) is 6.92 Å². The summed E-state index contributed by atoms with van der Waals surface area (Å²) < 4.78 is 2.58. The van der Waals surface area contributed by atoms with Gasteiger partial charge < -0.3 is 0 Å². The summed E-state index contributed by atoms with van der Waals surface area (Å²) in [6.45, 7) is 5.00. The lowest BCUT2D eigenvalue weighted by Crippen LogP contribution is -2.01. The van der Waals surface area contributed by atoms with Crippen LogP contribution in [0.2, 0.25) is 0 Å². The molecule has 0 bridgehead atoms. The third-order valence-corrected chi connectivity index (χ3v) is 2.08. The minimum atomic E-state index is 0.671. The first-order valence-corrected chi connectivity index (χ1v) is 5.25. The van der Waals surface area contributed by atoms with E-state index in [9.17, 15) is 0 Å². The third-order valence-electron chi connectivity index (χ3n) is 1.74. The molecular formula is C9H14BrN3. The molecule has 0 spiro atoms. The Bertz CT molecular complexity index is 291. The van der Waals surface area contributed by atoms with Crippen LogP contribution >= 0.6 is 15.9 Å². The Morgan fingerprint density at radius 3 is 2.77 bits per heavy atom. The quantitative estimate of drug-likeness (QED) is 0.762. The normalized spacial score (nSPS) is 11.3. The van der Waals surface area contributed by atoms with Crippen LogP contribution in [0.25, 0.3) is 0 Å². The van der Waals surface area contributed by atoms with E-state index in [4.69, 9.17) is 0 Å². The molecule has 0 saturated carbocycles. The Kier molecular flexibility index (Phi) is 4.15. The topological polar surface area (TPSA) is 30.7 Å². The monoisotopic (exact) mass is 243 g/mol. The van der Waals surface area contributed by atoms with E-state index in [0.717, 1.165) is 25.2 Å². The van der Waals surface area contributed by atoms with Crippen LogP contribution < -0.4 is 0 Å². The molecule has 0 N–H and O–H groups in total. The van der Waals surface area contributed by atoms with Crippen LogP contribution in [0.1, 0.15) is 25.6 Å². The summed E-state index contributed by atoms with van der Waals surface area (Å²) in [5, 5.41) is 4.20. The van der Waals surface area contributed by atoms with Crippen molar-refractivity contribution in [2.75, 3.05) is 0 Å². The Morgan fingerprint density at radius 2 is 2.23 bits per heavy atom. The summed E-state index contributed by atoms with van der Waals surface area (Å²) >= 11 is 3.24. The molecule has 1 rings (SSSR count). The third kappa shape index (κ3) is 3.30. The average Bonchev–Trinajstić information content (AvgIpc) is 2.39. The Hall–Kier alpha value is -0.640. The number of hydrogen-bond acceptors (Lipinski definition) is 2. The van der Waals surface area contributed by atoms with Gasteiger partial charge in [0.05, 0.1) is 0 Å². The molecular weight excluding hydrogens is 230 g/mol. The lowest BCUT2D eigenvalue weighted by Gasteiger charge is -1.98. The molecule has 0 unspecified atom stereocenters. The molecule has 0 aliphatic rings. The molecule has 1 aromatic rings. The van der Waals surface area contributed by atoms with E-state index >= 15 is 0 Å². The van der Waals surface area contributed by atoms with Crippen LogP contribution in [0.15, 0.2) is 16.9 Å². The van der Waals surface area contributed by atoms with E-state index in [1.54, 1.807) is 0 Å². The number of allylic oxidation sites excluding steroid dienone is 2. The van der Waals surface area contributed by atoms with Crippen molar-refractivity contribution in [2.24, 2.45) is 0 Å². The van der Waals surface area contributed by atoms with Crippen molar-refractivity contribution >= 4 is 15.9 Å². The van der Waals surface area contributed by atoms with Gasteiger partial charge in [-0.2, -0.15) is 0 Å². The predicted molar refractivity (Wildman–Crippen MR) is 56.5 cm³/mol. The van der Waals surface area contributed by atoms with E-state index in [2.05, 4.69) is 45.1 Å². The molecule has 1 aromatic heterocycles. The van der Waals surface area contributed by atoms with Crippen molar-refractivity contribution < 1.29 is 0 Å². The Labute approximate surface area is 87.0 Å². The van der Waals surface area contributed by atoms with Gasteiger partial charge in [0.25, 0.3) is 0 Å². The molecule has 0 radical (unpaired) electrons. The van der Waals surface area contributed by atoms with Crippen LogP contribution in [-0.4, -0.2) is 14.8 Å². The van der Waals surface area contributed by atoms with Gasteiger partial charge in [-0.3, -0.25) is 0 Å². The first-order chi connectivity index (χ1) is 6.24. The fourth-order valence-corrected chi connectivity index (χ4v) is 1.53. The summed E-state index contributed by atoms with van der Waals surface area (Å²) in [6.07, 6.45) is 6.46. The molecule has 72 valence electrons. The van der Waals surface area contributed by atoms with Crippen molar-refractivity contribution in [1.82, 2.24) is 14.8 Å². The number of aryl methyl sites for hydroxylation is 2. The van der Waals surface area contributed by atoms with Gasteiger partial charge in [-0.1, -0.05) is 19.1 Å². The summed E-state index contributed by atoms with van der Waals surface area (Å²) in [7, 11) is 0. The SMILES string of the molecule is CCC=CCCn1nc(Br)nc1C. The molecule has 0 atom stereocenters. The van der Waals surface area contributed by atoms with Gasteiger partial charge in [0.2, 0.25) is 4.73 Å². The molecule has 0 saturated heterocycles. The van der Waals surface area contributed by atoms with Gasteiger partial charge in [0.15, 0.2) is 0 Å². The van der Waals surface area contributed by atoms with Gasteiger partial charge >= 0.3 is 0 Å². The van der Waals surface area contributed by atoms with Crippen molar-refractivity contribution in [3.8, 4) is 0 Å². The van der Waals surface area contributed by atoms with E-state index in [0.29, 0.717) is 4.73 Å². The Balaban J connectivity index is 2.45. The standard InChI is InChI=1S/C9H14BrN3/c1-3-4-5-6-7-13-8(2)11-9(10)12-13/h4-5H,3,6-7H2,1-2H3. The molecule has 13 heavy (non-hydrogen) atoms. The van der Waals surface area contributed by atoms with E-state index in [-0.39, 0.29) is 0 Å². The molecule has 0 aromatic carbocycles. The molecule has 0 aliphatic heterocycles. The van der Waals surface area contributed by atoms with Crippen LogP contribution in [0.3, 0.4) is 0 Å². The van der Waals surface area contributed by atoms with E-state index < -0.39 is 0 Å². The number of nitrogens with zero attached hydrogens (tertiary/aromatic N) is 3. The summed E-state index contributed by atoms with van der Waals surface area (Å²) in [4.78, 5) is 4.15. The maximum absolute atomic E-state index is 4.20. The molecule has 1 heterocycles. The predicted octanol–water partition coefficient (Wildman–Crippen LogP) is 2.71.